The van der Waals surface area contributed by atoms with Crippen LogP contribution >= 0.6 is 0 Å². The molecular formula is C13H23N3O5. The summed E-state index contributed by atoms with van der Waals surface area (Å²) < 4.78 is 0. The topological polar surface area (TPSA) is 119 Å². The van der Waals surface area contributed by atoms with Gasteiger partial charge in [0.05, 0.1) is 18.1 Å². The van der Waals surface area contributed by atoms with Crippen LogP contribution in [-0.2, 0) is 14.4 Å². The molecule has 8 heteroatoms. The van der Waals surface area contributed by atoms with Crippen molar-refractivity contribution in [3.8, 4) is 0 Å². The molecule has 4 N–H and O–H groups in total. The maximum atomic E-state index is 12.4. The van der Waals surface area contributed by atoms with Crippen LogP contribution < -0.4 is 10.6 Å². The summed E-state index contributed by atoms with van der Waals surface area (Å²) in [5.41, 5.74) is -1.25. The molecule has 1 aliphatic rings. The molecule has 0 aromatic carbocycles. The zero-order valence-corrected chi connectivity index (χ0v) is 12.5. The number of hydrogen-bond donors (Lipinski definition) is 4. The van der Waals surface area contributed by atoms with Gasteiger partial charge in [-0.05, 0) is 13.3 Å². The first-order valence-corrected chi connectivity index (χ1v) is 6.81. The number of nitrogens with one attached hydrogen (secondary N) is 2. The quantitative estimate of drug-likeness (QED) is 0.461. The summed E-state index contributed by atoms with van der Waals surface area (Å²) >= 11 is 0. The summed E-state index contributed by atoms with van der Waals surface area (Å²) in [6.45, 7) is 1.19. The van der Waals surface area contributed by atoms with Crippen LogP contribution in [0.25, 0.3) is 0 Å². The first-order chi connectivity index (χ1) is 9.73. The highest BCUT2D eigenvalue weighted by molar-refractivity contribution is 5.93. The molecule has 0 aromatic heterocycles. The van der Waals surface area contributed by atoms with E-state index in [0.29, 0.717) is 0 Å². The van der Waals surface area contributed by atoms with Gasteiger partial charge in [0, 0.05) is 27.1 Å². The molecule has 1 heterocycles. The van der Waals surface area contributed by atoms with Crippen LogP contribution in [0.15, 0.2) is 0 Å². The minimum Gasteiger partial charge on any atom is -0.395 e. The van der Waals surface area contributed by atoms with E-state index in [-0.39, 0.29) is 25.3 Å². The smallest absolute Gasteiger partial charge is 0.247 e. The summed E-state index contributed by atoms with van der Waals surface area (Å²) in [7, 11) is 3.03. The summed E-state index contributed by atoms with van der Waals surface area (Å²) in [4.78, 5) is 37.1. The Balaban J connectivity index is 2.89. The third-order valence-electron chi connectivity index (χ3n) is 3.68. The fourth-order valence-electron chi connectivity index (χ4n) is 2.26. The Labute approximate surface area is 123 Å². The van der Waals surface area contributed by atoms with E-state index in [1.165, 1.54) is 25.9 Å². The van der Waals surface area contributed by atoms with Crippen LogP contribution in [0.2, 0.25) is 0 Å². The molecule has 21 heavy (non-hydrogen) atoms. The highest BCUT2D eigenvalue weighted by atomic mass is 16.3. The molecule has 0 saturated carbocycles. The lowest BCUT2D eigenvalue weighted by Gasteiger charge is -2.35. The van der Waals surface area contributed by atoms with Gasteiger partial charge in [-0.25, -0.2) is 0 Å². The van der Waals surface area contributed by atoms with Crippen molar-refractivity contribution in [3.63, 3.8) is 0 Å². The molecule has 3 amide bonds. The summed E-state index contributed by atoms with van der Waals surface area (Å²) in [5.74, 6) is -1.37. The number of carbonyl (C=O) groups excluding carboxylic acids is 3. The van der Waals surface area contributed by atoms with E-state index < -0.39 is 36.0 Å². The highest BCUT2D eigenvalue weighted by Crippen LogP contribution is 2.29. The van der Waals surface area contributed by atoms with Crippen molar-refractivity contribution in [2.24, 2.45) is 5.41 Å². The van der Waals surface area contributed by atoms with Crippen LogP contribution in [0.3, 0.4) is 0 Å². The molecule has 0 radical (unpaired) electrons. The molecule has 1 unspecified atom stereocenters. The van der Waals surface area contributed by atoms with Crippen LogP contribution in [0, 0.1) is 5.41 Å². The van der Waals surface area contributed by atoms with Gasteiger partial charge in [0.15, 0.2) is 0 Å². The number of aliphatic hydroxyl groups excluding tert-OH is 2. The van der Waals surface area contributed by atoms with Crippen molar-refractivity contribution in [1.29, 1.82) is 0 Å². The molecule has 8 nitrogen and oxygen atoms in total. The van der Waals surface area contributed by atoms with Crippen molar-refractivity contribution >= 4 is 17.7 Å². The number of rotatable bonds is 5. The maximum absolute atomic E-state index is 12.4. The van der Waals surface area contributed by atoms with E-state index in [9.17, 15) is 24.6 Å². The summed E-state index contributed by atoms with van der Waals surface area (Å²) in [6.07, 6.45) is -0.945. The third kappa shape index (κ3) is 3.92. The van der Waals surface area contributed by atoms with Gasteiger partial charge in [0.25, 0.3) is 0 Å². The second kappa shape index (κ2) is 6.86. The number of piperidine rings is 1. The predicted octanol–water partition coefficient (Wildman–Crippen LogP) is -2.17. The molecule has 1 saturated heterocycles. The van der Waals surface area contributed by atoms with Gasteiger partial charge in [-0.3, -0.25) is 14.4 Å². The molecule has 0 bridgehead atoms. The number of amides is 3. The fourth-order valence-corrected chi connectivity index (χ4v) is 2.26. The van der Waals surface area contributed by atoms with E-state index in [0.717, 1.165) is 0 Å². The fraction of sp³-hybridized carbons (Fsp3) is 0.769. The molecule has 1 fully saturated rings. The molecule has 1 aliphatic heterocycles. The minimum atomic E-state index is -1.25. The SMILES string of the molecule is C[C@@H](O)[C@H](NC(=O)C1(CO)CCNC(=O)C1)C(=O)N(C)C. The number of aliphatic hydroxyl groups is 2. The number of likely N-dealkylation sites (N-methyl/N-ethyl adjacent to an activating group) is 1. The Kier molecular flexibility index (Phi) is 5.68. The monoisotopic (exact) mass is 301 g/mol. The molecular weight excluding hydrogens is 278 g/mol. The summed E-state index contributed by atoms with van der Waals surface area (Å²) in [6, 6.07) is -1.11. The van der Waals surface area contributed by atoms with Crippen molar-refractivity contribution in [3.05, 3.63) is 0 Å². The maximum Gasteiger partial charge on any atom is 0.247 e. The van der Waals surface area contributed by atoms with E-state index in [4.69, 9.17) is 0 Å². The number of hydrogen-bond acceptors (Lipinski definition) is 5. The van der Waals surface area contributed by atoms with Gasteiger partial charge in [-0.2, -0.15) is 0 Å². The average Bonchev–Trinajstić information content (AvgIpc) is 2.42. The lowest BCUT2D eigenvalue weighted by atomic mass is 9.78. The zero-order chi connectivity index (χ0) is 16.2. The van der Waals surface area contributed by atoms with E-state index in [1.807, 2.05) is 0 Å². The number of nitrogens with zero attached hydrogens (tertiary/aromatic N) is 1. The zero-order valence-electron chi connectivity index (χ0n) is 12.5. The lowest BCUT2D eigenvalue weighted by Crippen LogP contribution is -2.58. The predicted molar refractivity (Wildman–Crippen MR) is 74.1 cm³/mol. The van der Waals surface area contributed by atoms with Crippen molar-refractivity contribution in [1.82, 2.24) is 15.5 Å². The number of carbonyl (C=O) groups is 3. The first kappa shape index (κ1) is 17.4. The van der Waals surface area contributed by atoms with Gasteiger partial charge in [-0.1, -0.05) is 0 Å². The molecule has 1 rings (SSSR count). The van der Waals surface area contributed by atoms with Crippen LogP contribution in [0.1, 0.15) is 19.8 Å². The normalized spacial score (nSPS) is 24.7. The van der Waals surface area contributed by atoms with E-state index >= 15 is 0 Å². The van der Waals surface area contributed by atoms with Crippen molar-refractivity contribution in [2.45, 2.75) is 31.9 Å². The Bertz CT molecular complexity index is 424. The summed E-state index contributed by atoms with van der Waals surface area (Å²) in [5, 5.41) is 24.3. The molecule has 3 atom stereocenters. The Morgan fingerprint density at radius 2 is 2.10 bits per heavy atom. The lowest BCUT2D eigenvalue weighted by molar-refractivity contribution is -0.146. The van der Waals surface area contributed by atoms with Crippen LogP contribution in [0.4, 0.5) is 0 Å². The Hall–Kier alpha value is -1.67. The van der Waals surface area contributed by atoms with E-state index in [1.54, 1.807) is 0 Å². The Morgan fingerprint density at radius 3 is 2.52 bits per heavy atom. The van der Waals surface area contributed by atoms with Gasteiger partial charge in [0.1, 0.15) is 6.04 Å². The Morgan fingerprint density at radius 1 is 1.48 bits per heavy atom. The molecule has 0 spiro atoms. The van der Waals surface area contributed by atoms with Crippen LogP contribution in [-0.4, -0.2) is 72.2 Å². The van der Waals surface area contributed by atoms with Gasteiger partial charge < -0.3 is 25.7 Å². The largest absolute Gasteiger partial charge is 0.395 e. The van der Waals surface area contributed by atoms with E-state index in [2.05, 4.69) is 10.6 Å². The van der Waals surface area contributed by atoms with Gasteiger partial charge >= 0.3 is 0 Å². The van der Waals surface area contributed by atoms with Gasteiger partial charge in [0.2, 0.25) is 17.7 Å². The van der Waals surface area contributed by atoms with Gasteiger partial charge in [-0.15, -0.1) is 0 Å². The molecule has 0 aliphatic carbocycles. The molecule has 0 aromatic rings. The van der Waals surface area contributed by atoms with Crippen LogP contribution in [0.5, 0.6) is 0 Å². The minimum absolute atomic E-state index is 0.141. The second-order valence-electron chi connectivity index (χ2n) is 5.64. The third-order valence-corrected chi connectivity index (χ3v) is 3.68. The highest BCUT2D eigenvalue weighted by Gasteiger charge is 2.44. The standard InChI is InChI=1S/C13H23N3O5/c1-8(18)10(11(20)16(2)3)15-12(21)13(7-17)4-5-14-9(19)6-13/h8,10,17-18H,4-7H2,1-3H3,(H,14,19)(H,15,21)/t8-,10+,13?/m1/s1. The second-order valence-corrected chi connectivity index (χ2v) is 5.64. The van der Waals surface area contributed by atoms with Crippen molar-refractivity contribution < 1.29 is 24.6 Å². The van der Waals surface area contributed by atoms with Crippen molar-refractivity contribution in [2.75, 3.05) is 27.2 Å². The average molecular weight is 301 g/mol. The first-order valence-electron chi connectivity index (χ1n) is 6.81. The molecule has 120 valence electrons.